The van der Waals surface area contributed by atoms with Crippen LogP contribution in [0.3, 0.4) is 0 Å². The zero-order valence-electron chi connectivity index (χ0n) is 19.5. The van der Waals surface area contributed by atoms with Gasteiger partial charge >= 0.3 is 0 Å². The highest BCUT2D eigenvalue weighted by molar-refractivity contribution is 7.10. The van der Waals surface area contributed by atoms with Crippen molar-refractivity contribution in [3.05, 3.63) is 80.7 Å². The van der Waals surface area contributed by atoms with Crippen LogP contribution in [0.5, 0.6) is 0 Å². The van der Waals surface area contributed by atoms with Crippen molar-refractivity contribution in [2.45, 2.75) is 46.3 Å². The number of rotatable bonds is 10. The molecular formula is C25H29FN2O4S. The summed E-state index contributed by atoms with van der Waals surface area (Å²) in [7, 11) is 3.09. The number of aromatic amines is 1. The van der Waals surface area contributed by atoms with Crippen LogP contribution >= 0.6 is 11.5 Å². The molecule has 0 aliphatic heterocycles. The van der Waals surface area contributed by atoms with Gasteiger partial charge in [-0.05, 0) is 74.0 Å². The van der Waals surface area contributed by atoms with Gasteiger partial charge in [-0.3, -0.25) is 14.0 Å². The Hall–Kier alpha value is -2.97. The molecule has 0 bridgehead atoms. The van der Waals surface area contributed by atoms with Gasteiger partial charge in [-0.2, -0.15) is 0 Å². The van der Waals surface area contributed by atoms with E-state index < -0.39 is 5.83 Å². The summed E-state index contributed by atoms with van der Waals surface area (Å²) in [6, 6.07) is 7.55. The first kappa shape index (κ1) is 24.7. The molecule has 1 fully saturated rings. The molecule has 0 atom stereocenters. The molecule has 1 aliphatic carbocycles. The van der Waals surface area contributed by atoms with Gasteiger partial charge in [-0.15, -0.1) is 0 Å². The predicted molar refractivity (Wildman–Crippen MR) is 130 cm³/mol. The number of nitrogens with one attached hydrogen (secondary N) is 1. The van der Waals surface area contributed by atoms with Gasteiger partial charge in [0.15, 0.2) is 5.78 Å². The molecule has 0 amide bonds. The van der Waals surface area contributed by atoms with Crippen LogP contribution in [0.2, 0.25) is 0 Å². The summed E-state index contributed by atoms with van der Waals surface area (Å²) in [6.07, 6.45) is 4.51. The summed E-state index contributed by atoms with van der Waals surface area (Å²) in [5, 5.41) is 0.700. The van der Waals surface area contributed by atoms with Gasteiger partial charge in [0.2, 0.25) is 0 Å². The molecule has 1 saturated carbocycles. The fourth-order valence-electron chi connectivity index (χ4n) is 3.53. The maximum atomic E-state index is 15.5. The summed E-state index contributed by atoms with van der Waals surface area (Å²) in [5.41, 5.74) is 3.02. The lowest BCUT2D eigenvalue weighted by atomic mass is 10.0. The largest absolute Gasteiger partial charge is 0.502 e. The molecule has 33 heavy (non-hydrogen) atoms. The Morgan fingerprint density at radius 3 is 2.58 bits per heavy atom. The maximum absolute atomic E-state index is 15.5. The first-order chi connectivity index (χ1) is 15.8. The van der Waals surface area contributed by atoms with Crippen LogP contribution in [-0.2, 0) is 20.9 Å². The van der Waals surface area contributed by atoms with Crippen LogP contribution in [-0.4, -0.2) is 30.4 Å². The lowest BCUT2D eigenvalue weighted by molar-refractivity contribution is -0.113. The number of carbonyl (C=O) groups is 1. The standard InChI is InChI=1S/C25H29FN2O4S/c1-15(19-8-6-7-18(11-19)13-31-4)22(26)12-21(17(3)29)23(14-32-5)28(20-9-10-20)25-16(2)24(30)27-33-25/h6-8,11-12,14,20H,9-10,13H2,1-5H3,(H,27,30)/b21-12-,22-15-,23-14-. The summed E-state index contributed by atoms with van der Waals surface area (Å²) >= 11 is 1.20. The predicted octanol–water partition coefficient (Wildman–Crippen LogP) is 5.26. The number of methoxy groups -OCH3 is 2. The van der Waals surface area contributed by atoms with Crippen LogP contribution in [0.25, 0.3) is 5.57 Å². The fourth-order valence-corrected chi connectivity index (χ4v) is 4.46. The van der Waals surface area contributed by atoms with Crippen LogP contribution in [0.1, 0.15) is 43.4 Å². The van der Waals surface area contributed by atoms with Crippen molar-refractivity contribution >= 4 is 27.9 Å². The van der Waals surface area contributed by atoms with E-state index in [2.05, 4.69) is 4.37 Å². The Morgan fingerprint density at radius 1 is 1.30 bits per heavy atom. The highest BCUT2D eigenvalue weighted by Gasteiger charge is 2.36. The second-order valence-corrected chi connectivity index (χ2v) is 8.82. The minimum absolute atomic E-state index is 0.109. The van der Waals surface area contributed by atoms with E-state index in [0.717, 1.165) is 18.4 Å². The van der Waals surface area contributed by atoms with Crippen molar-refractivity contribution < 1.29 is 18.7 Å². The molecule has 0 unspecified atom stereocenters. The summed E-state index contributed by atoms with van der Waals surface area (Å²) < 4.78 is 28.7. The van der Waals surface area contributed by atoms with Gasteiger partial charge in [-0.25, -0.2) is 4.39 Å². The zero-order valence-corrected chi connectivity index (χ0v) is 20.3. The number of ether oxygens (including phenoxy) is 2. The van der Waals surface area contributed by atoms with E-state index in [9.17, 15) is 9.59 Å². The molecule has 0 spiro atoms. The maximum Gasteiger partial charge on any atom is 0.263 e. The zero-order chi connectivity index (χ0) is 24.1. The number of nitrogens with zero attached hydrogens (tertiary/aromatic N) is 1. The number of allylic oxidation sites excluding steroid dienone is 4. The Bertz CT molecular complexity index is 1170. The topological polar surface area (TPSA) is 71.6 Å². The van der Waals surface area contributed by atoms with Gasteiger partial charge < -0.3 is 14.4 Å². The van der Waals surface area contributed by atoms with E-state index in [-0.39, 0.29) is 23.0 Å². The number of benzene rings is 1. The molecule has 0 saturated heterocycles. The third kappa shape index (κ3) is 5.69. The highest BCUT2D eigenvalue weighted by atomic mass is 32.1. The molecule has 1 aromatic carbocycles. The number of carbonyl (C=O) groups excluding carboxylic acids is 1. The van der Waals surface area contributed by atoms with Crippen molar-refractivity contribution in [3.63, 3.8) is 0 Å². The molecular weight excluding hydrogens is 443 g/mol. The molecule has 1 N–H and O–H groups in total. The summed E-state index contributed by atoms with van der Waals surface area (Å²) in [4.78, 5) is 26.7. The van der Waals surface area contributed by atoms with Gasteiger partial charge in [0, 0.05) is 18.7 Å². The number of halogens is 1. The minimum Gasteiger partial charge on any atom is -0.502 e. The van der Waals surface area contributed by atoms with Crippen molar-refractivity contribution in [3.8, 4) is 0 Å². The number of anilines is 1. The van der Waals surface area contributed by atoms with Crippen LogP contribution in [0.15, 0.2) is 58.5 Å². The molecule has 1 aromatic heterocycles. The van der Waals surface area contributed by atoms with Crippen LogP contribution < -0.4 is 10.5 Å². The summed E-state index contributed by atoms with van der Waals surface area (Å²) in [6.45, 7) is 5.23. The first-order valence-corrected chi connectivity index (χ1v) is 11.5. The highest BCUT2D eigenvalue weighted by Crippen LogP contribution is 2.40. The minimum atomic E-state index is -0.522. The van der Waals surface area contributed by atoms with Gasteiger partial charge in [0.25, 0.3) is 5.56 Å². The van der Waals surface area contributed by atoms with Gasteiger partial charge in [0.1, 0.15) is 17.1 Å². The average molecular weight is 473 g/mol. The number of ketones is 1. The summed E-state index contributed by atoms with van der Waals surface area (Å²) in [5.74, 6) is -0.827. The fraction of sp³-hybridized carbons (Fsp3) is 0.360. The number of H-pyrrole nitrogens is 1. The average Bonchev–Trinajstić information content (AvgIpc) is 3.58. The molecule has 1 aliphatic rings. The molecule has 6 nitrogen and oxygen atoms in total. The SMILES string of the molecule is CO/C=C(/C(=C\C(F)=C(/C)c1cccc(COC)c1)C(C)=O)N(c1s[nH]c(=O)c1C)C1CC1. The Morgan fingerprint density at radius 2 is 2.03 bits per heavy atom. The molecule has 1 heterocycles. The van der Waals surface area contributed by atoms with E-state index in [0.29, 0.717) is 34.0 Å². The molecule has 0 radical (unpaired) electrons. The van der Waals surface area contributed by atoms with E-state index >= 15 is 4.39 Å². The van der Waals surface area contributed by atoms with Crippen molar-refractivity contribution in [2.75, 3.05) is 19.1 Å². The number of Topliss-reactive ketones (excluding diaryl/α,β-unsaturated/α-hetero) is 1. The first-order valence-electron chi connectivity index (χ1n) is 10.7. The molecule has 8 heteroatoms. The Labute approximate surface area is 197 Å². The normalized spacial score (nSPS) is 15.3. The third-order valence-electron chi connectivity index (χ3n) is 5.48. The van der Waals surface area contributed by atoms with Crippen molar-refractivity contribution in [1.29, 1.82) is 0 Å². The molecule has 176 valence electrons. The van der Waals surface area contributed by atoms with Gasteiger partial charge in [-0.1, -0.05) is 18.2 Å². The Balaban J connectivity index is 2.09. The lowest BCUT2D eigenvalue weighted by Gasteiger charge is -2.27. The van der Waals surface area contributed by atoms with E-state index in [1.54, 1.807) is 21.0 Å². The Kier molecular flexibility index (Phi) is 8.05. The number of hydrogen-bond acceptors (Lipinski definition) is 6. The quantitative estimate of drug-likeness (QED) is 0.290. The number of aromatic nitrogens is 1. The van der Waals surface area contributed by atoms with Crippen molar-refractivity contribution in [1.82, 2.24) is 4.37 Å². The monoisotopic (exact) mass is 472 g/mol. The second kappa shape index (κ2) is 10.8. The lowest BCUT2D eigenvalue weighted by Crippen LogP contribution is -2.28. The molecule has 2 aromatic rings. The van der Waals surface area contributed by atoms with E-state index in [4.69, 9.17) is 9.47 Å². The van der Waals surface area contributed by atoms with Crippen molar-refractivity contribution in [2.24, 2.45) is 0 Å². The van der Waals surface area contributed by atoms with Gasteiger partial charge in [0.05, 0.1) is 25.0 Å². The number of hydrogen-bond donors (Lipinski definition) is 1. The molecule has 3 rings (SSSR count). The third-order valence-corrected chi connectivity index (χ3v) is 6.46. The van der Waals surface area contributed by atoms with E-state index in [1.165, 1.54) is 37.9 Å². The second-order valence-electron chi connectivity index (χ2n) is 8.02. The smallest absolute Gasteiger partial charge is 0.263 e. The van der Waals surface area contributed by atoms with Crippen LogP contribution in [0, 0.1) is 6.92 Å². The van der Waals surface area contributed by atoms with E-state index in [1.807, 2.05) is 29.2 Å². The van der Waals surface area contributed by atoms with Crippen LogP contribution in [0.4, 0.5) is 9.39 Å².